The van der Waals surface area contributed by atoms with Crippen molar-refractivity contribution >= 4 is 23.2 Å². The van der Waals surface area contributed by atoms with Crippen LogP contribution >= 0.6 is 0 Å². The molecule has 2 aromatic heterocycles. The van der Waals surface area contributed by atoms with E-state index in [1.807, 2.05) is 62.4 Å². The lowest BCUT2D eigenvalue weighted by atomic mass is 10.2. The number of H-pyrrole nitrogens is 1. The highest BCUT2D eigenvalue weighted by molar-refractivity contribution is 5.81. The van der Waals surface area contributed by atoms with Gasteiger partial charge in [0, 0.05) is 17.7 Å². The number of nitrogens with zero attached hydrogens (tertiary/aromatic N) is 3. The van der Waals surface area contributed by atoms with Crippen molar-refractivity contribution in [3.05, 3.63) is 64.4 Å². The molecule has 28 heavy (non-hydrogen) atoms. The summed E-state index contributed by atoms with van der Waals surface area (Å²) in [5.41, 5.74) is 3.24. The Kier molecular flexibility index (Phi) is 4.57. The van der Waals surface area contributed by atoms with Gasteiger partial charge in [-0.05, 0) is 55.8 Å². The number of hydrogen-bond donors (Lipinski definition) is 1. The molecule has 0 saturated carbocycles. The first-order valence-electron chi connectivity index (χ1n) is 8.95. The summed E-state index contributed by atoms with van der Waals surface area (Å²) in [5.74, 6) is 1.67. The van der Waals surface area contributed by atoms with E-state index in [1.165, 1.54) is 0 Å². The smallest absolute Gasteiger partial charge is 0.326 e. The molecule has 0 unspecified atom stereocenters. The van der Waals surface area contributed by atoms with Crippen LogP contribution in [0.1, 0.15) is 31.3 Å². The van der Waals surface area contributed by atoms with Crippen LogP contribution in [0.2, 0.25) is 0 Å². The predicted octanol–water partition coefficient (Wildman–Crippen LogP) is 4.14. The maximum absolute atomic E-state index is 12.1. The molecule has 0 fully saturated rings. The molecule has 142 valence electrons. The maximum Gasteiger partial charge on any atom is 0.326 e. The molecule has 0 spiro atoms. The van der Waals surface area contributed by atoms with Crippen LogP contribution in [0.4, 0.5) is 0 Å². The molecule has 4 rings (SSSR count). The van der Waals surface area contributed by atoms with E-state index in [0.29, 0.717) is 11.7 Å². The second-order valence-corrected chi connectivity index (χ2v) is 6.69. The fourth-order valence-electron chi connectivity index (χ4n) is 3.09. The monoisotopic (exact) mass is 376 g/mol. The second kappa shape index (κ2) is 7.19. The number of fused-ring (bicyclic) bond motifs is 1. The number of rotatable bonds is 5. The first-order valence-corrected chi connectivity index (χ1v) is 8.95. The SMILES string of the molecule is COc1ccc(C=Cc2nc(-c3ccc4c(c3)[nH]c(=O)n4C(C)C)no2)cc1. The van der Waals surface area contributed by atoms with Crippen molar-refractivity contribution in [3.63, 3.8) is 0 Å². The van der Waals surface area contributed by atoms with Gasteiger partial charge < -0.3 is 14.2 Å². The fourth-order valence-corrected chi connectivity index (χ4v) is 3.09. The Hall–Kier alpha value is -3.61. The highest BCUT2D eigenvalue weighted by Crippen LogP contribution is 2.23. The third kappa shape index (κ3) is 3.34. The molecule has 0 bridgehead atoms. The van der Waals surface area contributed by atoms with Gasteiger partial charge in [0.25, 0.3) is 5.89 Å². The lowest BCUT2D eigenvalue weighted by Crippen LogP contribution is -2.18. The summed E-state index contributed by atoms with van der Waals surface area (Å²) in [6.45, 7) is 3.95. The number of aromatic amines is 1. The van der Waals surface area contributed by atoms with Gasteiger partial charge >= 0.3 is 5.69 Å². The van der Waals surface area contributed by atoms with Crippen molar-refractivity contribution < 1.29 is 9.26 Å². The second-order valence-electron chi connectivity index (χ2n) is 6.69. The van der Waals surface area contributed by atoms with E-state index >= 15 is 0 Å². The Balaban J connectivity index is 1.60. The quantitative estimate of drug-likeness (QED) is 0.566. The van der Waals surface area contributed by atoms with E-state index in [2.05, 4.69) is 15.1 Å². The van der Waals surface area contributed by atoms with Crippen molar-refractivity contribution in [1.82, 2.24) is 19.7 Å². The molecule has 2 aromatic carbocycles. The number of hydrogen-bond acceptors (Lipinski definition) is 5. The molecule has 0 saturated heterocycles. The summed E-state index contributed by atoms with van der Waals surface area (Å²) in [5, 5.41) is 4.04. The van der Waals surface area contributed by atoms with E-state index < -0.39 is 0 Å². The fraction of sp³-hybridized carbons (Fsp3) is 0.190. The number of benzene rings is 2. The summed E-state index contributed by atoms with van der Waals surface area (Å²) in [7, 11) is 1.63. The zero-order valence-electron chi connectivity index (χ0n) is 15.8. The lowest BCUT2D eigenvalue weighted by Gasteiger charge is -2.06. The van der Waals surface area contributed by atoms with Crippen molar-refractivity contribution in [2.24, 2.45) is 0 Å². The lowest BCUT2D eigenvalue weighted by molar-refractivity contribution is 0.411. The molecule has 0 aliphatic heterocycles. The minimum Gasteiger partial charge on any atom is -0.497 e. The van der Waals surface area contributed by atoms with Crippen LogP contribution < -0.4 is 10.4 Å². The molecule has 7 heteroatoms. The standard InChI is InChI=1S/C21H20N4O3/c1-13(2)25-18-10-7-15(12-17(18)22-21(25)26)20-23-19(28-24-20)11-6-14-4-8-16(27-3)9-5-14/h4-13H,1-3H3,(H,22,26). The highest BCUT2D eigenvalue weighted by atomic mass is 16.5. The molecule has 0 atom stereocenters. The summed E-state index contributed by atoms with van der Waals surface area (Å²) in [6.07, 6.45) is 3.65. The van der Waals surface area contributed by atoms with Crippen LogP contribution in [0.25, 0.3) is 34.6 Å². The topological polar surface area (TPSA) is 85.9 Å². The molecule has 2 heterocycles. The Labute approximate surface area is 161 Å². The summed E-state index contributed by atoms with van der Waals surface area (Å²) < 4.78 is 12.2. The molecular formula is C21H20N4O3. The van der Waals surface area contributed by atoms with Crippen molar-refractivity contribution in [3.8, 4) is 17.1 Å². The van der Waals surface area contributed by atoms with E-state index in [4.69, 9.17) is 9.26 Å². The van der Waals surface area contributed by atoms with Gasteiger partial charge in [0.15, 0.2) is 0 Å². The van der Waals surface area contributed by atoms with Crippen molar-refractivity contribution in [1.29, 1.82) is 0 Å². The Morgan fingerprint density at radius 3 is 2.64 bits per heavy atom. The van der Waals surface area contributed by atoms with Gasteiger partial charge in [0.1, 0.15) is 5.75 Å². The largest absolute Gasteiger partial charge is 0.497 e. The van der Waals surface area contributed by atoms with Gasteiger partial charge in [0.05, 0.1) is 18.1 Å². The normalized spacial score (nSPS) is 11.7. The Morgan fingerprint density at radius 2 is 1.93 bits per heavy atom. The number of methoxy groups -OCH3 is 1. The average molecular weight is 376 g/mol. The first-order chi connectivity index (χ1) is 13.5. The zero-order chi connectivity index (χ0) is 19.7. The average Bonchev–Trinajstić information content (AvgIpc) is 3.29. The van der Waals surface area contributed by atoms with Crippen LogP contribution in [0.15, 0.2) is 51.8 Å². The molecule has 0 amide bonds. The molecule has 0 aliphatic carbocycles. The molecule has 1 N–H and O–H groups in total. The van der Waals surface area contributed by atoms with E-state index in [0.717, 1.165) is 27.9 Å². The van der Waals surface area contributed by atoms with Gasteiger partial charge in [-0.15, -0.1) is 0 Å². The number of nitrogens with one attached hydrogen (secondary N) is 1. The maximum atomic E-state index is 12.1. The van der Waals surface area contributed by atoms with Gasteiger partial charge in [-0.1, -0.05) is 17.3 Å². The van der Waals surface area contributed by atoms with Crippen LogP contribution in [-0.2, 0) is 0 Å². The van der Waals surface area contributed by atoms with Gasteiger partial charge in [-0.3, -0.25) is 4.57 Å². The number of aromatic nitrogens is 4. The molecular weight excluding hydrogens is 356 g/mol. The minimum absolute atomic E-state index is 0.0759. The third-order valence-electron chi connectivity index (χ3n) is 4.47. The highest BCUT2D eigenvalue weighted by Gasteiger charge is 2.13. The van der Waals surface area contributed by atoms with Crippen LogP contribution in [-0.4, -0.2) is 26.8 Å². The molecule has 0 aliphatic rings. The van der Waals surface area contributed by atoms with E-state index in [9.17, 15) is 4.79 Å². The molecule has 0 radical (unpaired) electrons. The van der Waals surface area contributed by atoms with Gasteiger partial charge in [-0.2, -0.15) is 4.98 Å². The van der Waals surface area contributed by atoms with Crippen LogP contribution in [0, 0.1) is 0 Å². The Morgan fingerprint density at radius 1 is 1.14 bits per heavy atom. The van der Waals surface area contributed by atoms with Gasteiger partial charge in [-0.25, -0.2) is 4.79 Å². The molecule has 7 nitrogen and oxygen atoms in total. The van der Waals surface area contributed by atoms with Crippen molar-refractivity contribution in [2.75, 3.05) is 7.11 Å². The summed E-state index contributed by atoms with van der Waals surface area (Å²) in [4.78, 5) is 19.4. The number of ether oxygens (including phenoxy) is 1. The molecule has 4 aromatic rings. The third-order valence-corrected chi connectivity index (χ3v) is 4.47. The number of imidazole rings is 1. The summed E-state index contributed by atoms with van der Waals surface area (Å²) in [6, 6.07) is 13.4. The summed E-state index contributed by atoms with van der Waals surface area (Å²) >= 11 is 0. The van der Waals surface area contributed by atoms with Gasteiger partial charge in [0.2, 0.25) is 5.82 Å². The van der Waals surface area contributed by atoms with E-state index in [1.54, 1.807) is 17.8 Å². The zero-order valence-corrected chi connectivity index (χ0v) is 15.8. The van der Waals surface area contributed by atoms with Crippen LogP contribution in [0.3, 0.4) is 0 Å². The first kappa shape index (κ1) is 17.8. The van der Waals surface area contributed by atoms with E-state index in [-0.39, 0.29) is 11.7 Å². The predicted molar refractivity (Wildman–Crippen MR) is 108 cm³/mol. The Bertz CT molecular complexity index is 1200. The van der Waals surface area contributed by atoms with Crippen LogP contribution in [0.5, 0.6) is 5.75 Å². The van der Waals surface area contributed by atoms with Crippen molar-refractivity contribution in [2.45, 2.75) is 19.9 Å². The minimum atomic E-state index is -0.127.